The second kappa shape index (κ2) is 14.6. The second-order valence-electron chi connectivity index (χ2n) is 15.7. The van der Waals surface area contributed by atoms with E-state index in [9.17, 15) is 0 Å². The van der Waals surface area contributed by atoms with Crippen molar-refractivity contribution in [2.75, 3.05) is 0 Å². The third-order valence-electron chi connectivity index (χ3n) is 12.6. The van der Waals surface area contributed by atoms with Crippen LogP contribution in [0.15, 0.2) is 141 Å². The summed E-state index contributed by atoms with van der Waals surface area (Å²) in [4.78, 5) is 0. The van der Waals surface area contributed by atoms with Gasteiger partial charge >= 0.3 is 336 Å². The van der Waals surface area contributed by atoms with Crippen molar-refractivity contribution in [2.24, 2.45) is 0 Å². The van der Waals surface area contributed by atoms with Crippen molar-refractivity contribution >= 4 is 7.74 Å². The van der Waals surface area contributed by atoms with Crippen LogP contribution in [0.25, 0.3) is 33.9 Å². The van der Waals surface area contributed by atoms with Gasteiger partial charge in [0.15, 0.2) is 0 Å². The standard InChI is InChI=1S/2C20H16F2N.2C5H5.Ti/c2*21-16-10-11-19(17(22)13-16)23-18-9-5-4-8-15(18)12-20(23)14-6-2-1-3-7-14;2*1-2-4-5-3-1;/h2*1-3,6-7,10-12H,4-5,8-9H2;2*1-3H,4H2;. The Balaban J connectivity index is 1.28. The van der Waals surface area contributed by atoms with E-state index in [1.165, 1.54) is 24.3 Å². The van der Waals surface area contributed by atoms with Crippen molar-refractivity contribution in [2.45, 2.75) is 64.2 Å². The summed E-state index contributed by atoms with van der Waals surface area (Å²) in [6, 6.07) is 29.7. The second-order valence-corrected chi connectivity index (χ2v) is 21.6. The van der Waals surface area contributed by atoms with E-state index in [1.54, 1.807) is 0 Å². The quantitative estimate of drug-likeness (QED) is 0.107. The summed E-state index contributed by atoms with van der Waals surface area (Å²) in [7, 11) is 0. The minimum absolute atomic E-state index is 0.178. The number of aryl methyl sites for hydroxylation is 2. The fraction of sp³-hybridized carbons (Fsp3) is 0.200. The van der Waals surface area contributed by atoms with Crippen LogP contribution in [0.1, 0.15) is 61.0 Å². The number of hydrogen-bond acceptors (Lipinski definition) is 0. The van der Waals surface area contributed by atoms with Crippen LogP contribution in [0, 0.1) is 23.3 Å². The van der Waals surface area contributed by atoms with Crippen LogP contribution in [0.5, 0.6) is 0 Å². The fourth-order valence-corrected chi connectivity index (χ4v) is 18.4. The molecule has 284 valence electrons. The Bertz CT molecular complexity index is 2490. The first kappa shape index (κ1) is 36.2. The van der Waals surface area contributed by atoms with Gasteiger partial charge in [-0.25, -0.2) is 0 Å². The summed E-state index contributed by atoms with van der Waals surface area (Å²) >= 11 is -5.18. The Morgan fingerprint density at radius 1 is 0.474 bits per heavy atom. The molecule has 7 heteroatoms. The number of aromatic nitrogens is 2. The first-order chi connectivity index (χ1) is 28.0. The van der Waals surface area contributed by atoms with Crippen LogP contribution in [0.2, 0.25) is 0 Å². The molecule has 10 rings (SSSR count). The number of rotatable bonds is 8. The Labute approximate surface area is 334 Å². The molecule has 0 fully saturated rings. The Kier molecular flexibility index (Phi) is 9.30. The van der Waals surface area contributed by atoms with Gasteiger partial charge in [-0.2, -0.15) is 0 Å². The van der Waals surface area contributed by atoms with Gasteiger partial charge in [-0.1, -0.05) is 0 Å². The summed E-state index contributed by atoms with van der Waals surface area (Å²) < 4.78 is 76.5. The number of fused-ring (bicyclic) bond motifs is 2. The molecule has 0 spiro atoms. The van der Waals surface area contributed by atoms with E-state index in [4.69, 9.17) is 0 Å². The summed E-state index contributed by atoms with van der Waals surface area (Å²) in [5.74, 6) is -3.04. The fourth-order valence-electron chi connectivity index (χ4n) is 10.1. The molecule has 0 N–H and O–H groups in total. The van der Waals surface area contributed by atoms with E-state index in [-0.39, 0.29) is 19.1 Å². The van der Waals surface area contributed by atoms with Gasteiger partial charge in [0.25, 0.3) is 0 Å². The predicted octanol–water partition coefficient (Wildman–Crippen LogP) is 11.7. The summed E-state index contributed by atoms with van der Waals surface area (Å²) in [6.45, 7) is 0. The molecule has 6 aromatic rings. The zero-order valence-electron chi connectivity index (χ0n) is 31.7. The molecule has 0 saturated carbocycles. The monoisotopic (exact) mass is 794 g/mol. The Morgan fingerprint density at radius 3 is 1.30 bits per heavy atom. The maximum atomic E-state index is 18.4. The van der Waals surface area contributed by atoms with Gasteiger partial charge in [0.1, 0.15) is 0 Å². The van der Waals surface area contributed by atoms with Gasteiger partial charge in [-0.3, -0.25) is 0 Å². The van der Waals surface area contributed by atoms with Gasteiger partial charge in [0.2, 0.25) is 0 Å². The van der Waals surface area contributed by atoms with Crippen LogP contribution in [-0.2, 0) is 42.3 Å². The van der Waals surface area contributed by atoms with Crippen LogP contribution < -0.4 is 7.74 Å². The molecular formula is C50H42F4N2Ti. The van der Waals surface area contributed by atoms with Gasteiger partial charge in [-0.05, 0) is 0 Å². The van der Waals surface area contributed by atoms with Crippen LogP contribution in [0.3, 0.4) is 0 Å². The molecule has 0 radical (unpaired) electrons. The summed E-state index contributed by atoms with van der Waals surface area (Å²) in [5.41, 5.74) is 8.22. The van der Waals surface area contributed by atoms with E-state index in [1.807, 2.05) is 106 Å². The van der Waals surface area contributed by atoms with E-state index in [0.29, 0.717) is 20.6 Å². The predicted molar refractivity (Wildman–Crippen MR) is 218 cm³/mol. The van der Waals surface area contributed by atoms with E-state index in [0.717, 1.165) is 96.4 Å². The summed E-state index contributed by atoms with van der Waals surface area (Å²) in [5, 5.41) is 0. The number of hydrogen-bond donors (Lipinski definition) is 0. The first-order valence-electron chi connectivity index (χ1n) is 20.2. The van der Waals surface area contributed by atoms with E-state index < -0.39 is 39.9 Å². The molecule has 2 nitrogen and oxygen atoms in total. The molecule has 4 aliphatic rings. The van der Waals surface area contributed by atoms with Crippen molar-refractivity contribution < 1.29 is 34.2 Å². The topological polar surface area (TPSA) is 9.86 Å². The number of nitrogens with zero attached hydrogens (tertiary/aromatic N) is 2. The van der Waals surface area contributed by atoms with Gasteiger partial charge in [0.05, 0.1) is 0 Å². The molecule has 2 aromatic heterocycles. The van der Waals surface area contributed by atoms with Crippen LogP contribution in [0.4, 0.5) is 17.6 Å². The Morgan fingerprint density at radius 2 is 0.895 bits per heavy atom. The molecular weight excluding hydrogens is 752 g/mol. The van der Waals surface area contributed by atoms with Crippen molar-refractivity contribution in [1.82, 2.24) is 9.13 Å². The van der Waals surface area contributed by atoms with Crippen molar-refractivity contribution in [1.29, 1.82) is 0 Å². The van der Waals surface area contributed by atoms with Gasteiger partial charge in [-0.15, -0.1) is 0 Å². The van der Waals surface area contributed by atoms with Crippen molar-refractivity contribution in [3.05, 3.63) is 187 Å². The molecule has 0 unspecified atom stereocenters. The Hall–Kier alpha value is -5.17. The number of allylic oxidation sites excluding steroid dienone is 8. The number of halogens is 4. The zero-order chi connectivity index (χ0) is 38.7. The maximum absolute atomic E-state index is 18.4. The molecule has 0 bridgehead atoms. The normalized spacial score (nSPS) is 16.1. The molecule has 0 aliphatic heterocycles. The third kappa shape index (κ3) is 5.78. The summed E-state index contributed by atoms with van der Waals surface area (Å²) in [6.07, 6.45) is 19.3. The average Bonchev–Trinajstić information content (AvgIpc) is 4.08. The first-order valence-corrected chi connectivity index (χ1v) is 23.4. The van der Waals surface area contributed by atoms with E-state index >= 15 is 17.6 Å². The number of benzene rings is 4. The molecule has 4 aromatic carbocycles. The molecule has 2 heterocycles. The van der Waals surface area contributed by atoms with Crippen molar-refractivity contribution in [3.63, 3.8) is 0 Å². The minimum atomic E-state index is -5.18. The molecule has 0 atom stereocenters. The van der Waals surface area contributed by atoms with Gasteiger partial charge < -0.3 is 0 Å². The molecule has 4 aliphatic carbocycles. The zero-order valence-corrected chi connectivity index (χ0v) is 33.2. The molecule has 0 saturated heterocycles. The van der Waals surface area contributed by atoms with Crippen molar-refractivity contribution in [3.8, 4) is 33.9 Å². The van der Waals surface area contributed by atoms with Crippen LogP contribution in [-0.4, -0.2) is 9.13 Å². The SMILES string of the molecule is Fc1ccc(-n2c(-c3ccccc3)cc3c2CCCC3)c(F)[c]1[Ti]([C]1=CC=CC1)([C]1=CC=CC1)[c]1c(F)ccc(-n2c(-c3ccccc3)cc3c2CCCC3)c1F. The molecule has 57 heavy (non-hydrogen) atoms. The van der Waals surface area contributed by atoms with Crippen LogP contribution >= 0.6 is 0 Å². The van der Waals surface area contributed by atoms with E-state index in [2.05, 4.69) is 12.1 Å². The van der Waals surface area contributed by atoms with Gasteiger partial charge in [0, 0.05) is 0 Å². The third-order valence-corrected chi connectivity index (χ3v) is 20.6. The average molecular weight is 795 g/mol. The molecule has 0 amide bonds.